The summed E-state index contributed by atoms with van der Waals surface area (Å²) in [5, 5.41) is 5.45. The number of ether oxygens (including phenoxy) is 1. The number of rotatable bonds is 5. The molecule has 0 aliphatic heterocycles. The Bertz CT molecular complexity index is 1280. The number of para-hydroxylation sites is 1. The summed E-state index contributed by atoms with van der Waals surface area (Å²) in [4.78, 5) is 44.0. The minimum absolute atomic E-state index is 0.106. The van der Waals surface area contributed by atoms with Crippen LogP contribution in [-0.4, -0.2) is 27.9 Å². The van der Waals surface area contributed by atoms with Gasteiger partial charge < -0.3 is 9.72 Å². The molecule has 0 radical (unpaired) electrons. The molecule has 2 aromatic carbocycles. The Morgan fingerprint density at radius 2 is 1.83 bits per heavy atom. The number of hydrogen-bond acceptors (Lipinski definition) is 6. The number of pyridine rings is 1. The molecule has 30 heavy (non-hydrogen) atoms. The molecule has 0 unspecified atom stereocenters. The first-order chi connectivity index (χ1) is 14.5. The minimum atomic E-state index is -1.07. The van der Waals surface area contributed by atoms with Gasteiger partial charge >= 0.3 is 5.97 Å². The monoisotopic (exact) mass is 419 g/mol. The number of thiazole rings is 1. The molecule has 8 heteroatoms. The lowest BCUT2D eigenvalue weighted by Gasteiger charge is -2.13. The van der Waals surface area contributed by atoms with E-state index in [4.69, 9.17) is 4.74 Å². The van der Waals surface area contributed by atoms with Gasteiger partial charge in [-0.1, -0.05) is 48.5 Å². The summed E-state index contributed by atoms with van der Waals surface area (Å²) in [5.41, 5.74) is 1.89. The molecule has 0 spiro atoms. The summed E-state index contributed by atoms with van der Waals surface area (Å²) in [6.07, 6.45) is -1.07. The lowest BCUT2D eigenvalue weighted by Crippen LogP contribution is -2.30. The van der Waals surface area contributed by atoms with Gasteiger partial charge in [-0.25, -0.2) is 9.78 Å². The van der Waals surface area contributed by atoms with Gasteiger partial charge in [-0.2, -0.15) is 0 Å². The van der Waals surface area contributed by atoms with E-state index in [0.29, 0.717) is 16.0 Å². The van der Waals surface area contributed by atoms with Crippen molar-refractivity contribution in [3.63, 3.8) is 0 Å². The molecule has 4 rings (SSSR count). The second kappa shape index (κ2) is 8.30. The van der Waals surface area contributed by atoms with Crippen molar-refractivity contribution in [1.29, 1.82) is 0 Å². The van der Waals surface area contributed by atoms with Gasteiger partial charge in [0.25, 0.3) is 5.91 Å². The largest absolute Gasteiger partial charge is 0.449 e. The average molecular weight is 419 g/mol. The third kappa shape index (κ3) is 4.13. The van der Waals surface area contributed by atoms with Crippen molar-refractivity contribution in [2.45, 2.75) is 13.0 Å². The highest BCUT2D eigenvalue weighted by atomic mass is 32.1. The van der Waals surface area contributed by atoms with E-state index < -0.39 is 23.5 Å². The number of amides is 1. The van der Waals surface area contributed by atoms with E-state index in [1.165, 1.54) is 24.3 Å². The zero-order valence-corrected chi connectivity index (χ0v) is 16.7. The van der Waals surface area contributed by atoms with E-state index in [0.717, 1.165) is 11.3 Å². The molecule has 1 amide bonds. The number of benzene rings is 2. The first-order valence-electron chi connectivity index (χ1n) is 9.16. The molecule has 2 N–H and O–H groups in total. The fourth-order valence-corrected chi connectivity index (χ4v) is 3.65. The Balaban J connectivity index is 1.46. The normalized spacial score (nSPS) is 11.8. The van der Waals surface area contributed by atoms with Crippen LogP contribution in [0.2, 0.25) is 0 Å². The lowest BCUT2D eigenvalue weighted by atomic mass is 10.1. The number of aromatic amines is 1. The quantitative estimate of drug-likeness (QED) is 0.479. The topological polar surface area (TPSA) is 101 Å². The molecule has 0 saturated carbocycles. The van der Waals surface area contributed by atoms with E-state index in [9.17, 15) is 14.4 Å². The Kier molecular flexibility index (Phi) is 5.40. The highest BCUT2D eigenvalue weighted by Crippen LogP contribution is 2.25. The number of aromatic nitrogens is 2. The van der Waals surface area contributed by atoms with Crippen molar-refractivity contribution >= 4 is 39.2 Å². The van der Waals surface area contributed by atoms with Gasteiger partial charge in [0.15, 0.2) is 11.2 Å². The number of esters is 1. The Morgan fingerprint density at radius 3 is 2.63 bits per heavy atom. The summed E-state index contributed by atoms with van der Waals surface area (Å²) in [5.74, 6) is -1.25. The molecule has 0 saturated heterocycles. The molecular formula is C22H17N3O4S. The predicted molar refractivity (Wildman–Crippen MR) is 116 cm³/mol. The van der Waals surface area contributed by atoms with Crippen LogP contribution in [0.25, 0.3) is 22.2 Å². The van der Waals surface area contributed by atoms with Crippen molar-refractivity contribution in [3.05, 3.63) is 82.0 Å². The Hall–Kier alpha value is -3.78. The van der Waals surface area contributed by atoms with E-state index in [1.54, 1.807) is 24.3 Å². The van der Waals surface area contributed by atoms with Gasteiger partial charge in [-0.3, -0.25) is 14.9 Å². The van der Waals surface area contributed by atoms with Crippen LogP contribution >= 0.6 is 11.3 Å². The summed E-state index contributed by atoms with van der Waals surface area (Å²) in [6.45, 7) is 1.47. The summed E-state index contributed by atoms with van der Waals surface area (Å²) in [7, 11) is 0. The van der Waals surface area contributed by atoms with Crippen LogP contribution in [0.5, 0.6) is 0 Å². The average Bonchev–Trinajstić information content (AvgIpc) is 3.22. The lowest BCUT2D eigenvalue weighted by molar-refractivity contribution is -0.123. The summed E-state index contributed by atoms with van der Waals surface area (Å²) in [6, 6.07) is 17.7. The second-order valence-electron chi connectivity index (χ2n) is 6.53. The van der Waals surface area contributed by atoms with Crippen LogP contribution in [0.4, 0.5) is 5.13 Å². The van der Waals surface area contributed by atoms with Gasteiger partial charge in [-0.15, -0.1) is 11.3 Å². The number of fused-ring (bicyclic) bond motifs is 1. The number of carbonyl (C=O) groups excluding carboxylic acids is 2. The first kappa shape index (κ1) is 19.5. The predicted octanol–water partition coefficient (Wildman–Crippen LogP) is 3.84. The third-order valence-electron chi connectivity index (χ3n) is 4.43. The van der Waals surface area contributed by atoms with Crippen molar-refractivity contribution < 1.29 is 14.3 Å². The van der Waals surface area contributed by atoms with Crippen LogP contribution in [0.3, 0.4) is 0 Å². The maximum Gasteiger partial charge on any atom is 0.339 e. The molecule has 2 heterocycles. The fraction of sp³-hybridized carbons (Fsp3) is 0.0909. The highest BCUT2D eigenvalue weighted by molar-refractivity contribution is 7.14. The molecule has 0 aliphatic carbocycles. The Morgan fingerprint density at radius 1 is 1.10 bits per heavy atom. The number of nitrogens with zero attached hydrogens (tertiary/aromatic N) is 1. The molecule has 2 aromatic heterocycles. The highest BCUT2D eigenvalue weighted by Gasteiger charge is 2.22. The van der Waals surface area contributed by atoms with Crippen molar-refractivity contribution in [2.75, 3.05) is 5.32 Å². The van der Waals surface area contributed by atoms with Gasteiger partial charge in [-0.05, 0) is 13.0 Å². The van der Waals surface area contributed by atoms with Gasteiger partial charge in [0.05, 0.1) is 11.3 Å². The van der Waals surface area contributed by atoms with Gasteiger partial charge in [0.2, 0.25) is 5.56 Å². The third-order valence-corrected chi connectivity index (χ3v) is 5.19. The molecule has 7 nitrogen and oxygen atoms in total. The van der Waals surface area contributed by atoms with Gasteiger partial charge in [0, 0.05) is 27.9 Å². The van der Waals surface area contributed by atoms with Crippen LogP contribution in [0.1, 0.15) is 17.3 Å². The fourth-order valence-electron chi connectivity index (χ4n) is 2.93. The van der Waals surface area contributed by atoms with Crippen molar-refractivity contribution in [1.82, 2.24) is 9.97 Å². The van der Waals surface area contributed by atoms with Crippen LogP contribution in [-0.2, 0) is 9.53 Å². The van der Waals surface area contributed by atoms with E-state index >= 15 is 0 Å². The van der Waals surface area contributed by atoms with E-state index in [1.807, 2.05) is 35.7 Å². The van der Waals surface area contributed by atoms with E-state index in [2.05, 4.69) is 15.3 Å². The molecule has 150 valence electrons. The molecule has 0 aliphatic rings. The summed E-state index contributed by atoms with van der Waals surface area (Å²) >= 11 is 1.28. The number of carbonyl (C=O) groups is 2. The first-order valence-corrected chi connectivity index (χ1v) is 10.0. The maximum atomic E-state index is 12.6. The van der Waals surface area contributed by atoms with Crippen LogP contribution in [0, 0.1) is 0 Å². The standard InChI is InChI=1S/C22H17N3O4S/c1-13(20(27)25-22-24-18(12-30-22)14-7-3-2-4-8-14)29-21(28)16-11-19(26)23-17-10-6-5-9-15(16)17/h2-13H,1H3,(H,23,26)(H,24,25,27)/t13-/m1/s1. The maximum absolute atomic E-state index is 12.6. The SMILES string of the molecule is C[C@@H](OC(=O)c1cc(=O)[nH]c2ccccc12)C(=O)Nc1nc(-c2ccccc2)cs1. The molecule has 0 fully saturated rings. The number of H-pyrrole nitrogens is 1. The second-order valence-corrected chi connectivity index (χ2v) is 7.39. The number of anilines is 1. The Labute approximate surface area is 175 Å². The van der Waals surface area contributed by atoms with Gasteiger partial charge in [0.1, 0.15) is 0 Å². The van der Waals surface area contributed by atoms with Crippen LogP contribution < -0.4 is 10.9 Å². The molecular weight excluding hydrogens is 402 g/mol. The van der Waals surface area contributed by atoms with Crippen molar-refractivity contribution in [3.8, 4) is 11.3 Å². The number of hydrogen-bond donors (Lipinski definition) is 2. The smallest absolute Gasteiger partial charge is 0.339 e. The van der Waals surface area contributed by atoms with E-state index in [-0.39, 0.29) is 5.56 Å². The zero-order chi connectivity index (χ0) is 21.1. The van der Waals surface area contributed by atoms with Crippen molar-refractivity contribution in [2.24, 2.45) is 0 Å². The van der Waals surface area contributed by atoms with Crippen LogP contribution in [0.15, 0.2) is 70.8 Å². The molecule has 1 atom stereocenters. The molecule has 0 bridgehead atoms. The zero-order valence-electron chi connectivity index (χ0n) is 15.9. The number of nitrogens with one attached hydrogen (secondary N) is 2. The molecule has 4 aromatic rings. The minimum Gasteiger partial charge on any atom is -0.449 e. The summed E-state index contributed by atoms with van der Waals surface area (Å²) < 4.78 is 5.30.